The number of allylic oxidation sites excluding steroid dienone is 2. The fourth-order valence-electron chi connectivity index (χ4n) is 9.38. The van der Waals surface area contributed by atoms with Gasteiger partial charge in [0, 0.05) is 18.3 Å². The minimum Gasteiger partial charge on any atom is -0.502 e. The highest BCUT2D eigenvalue weighted by Crippen LogP contribution is 2.65. The Morgan fingerprint density at radius 2 is 1.54 bits per heavy atom. The number of fused-ring (bicyclic) bond motifs is 7. The van der Waals surface area contributed by atoms with E-state index >= 15 is 0 Å². The molecule has 4 bridgehead atoms. The number of ether oxygens (including phenoxy) is 3. The van der Waals surface area contributed by atoms with E-state index in [1.807, 2.05) is 20.8 Å². The van der Waals surface area contributed by atoms with Crippen LogP contribution in [0, 0.1) is 65.1 Å². The molecular weight excluding hydrogens is 456 g/mol. The number of hydrogen-bond donors (Lipinski definition) is 2. The van der Waals surface area contributed by atoms with Crippen LogP contribution in [-0.2, 0) is 33.4 Å². The SMILES string of the molecule is CCC1=C(O)C(=O)C2C3CC(C2O1)C(C1C(=O)OC(=O)C1C1C(C)C2CC1C(OC=O)C2O)C3C. The van der Waals surface area contributed by atoms with E-state index in [0.717, 1.165) is 0 Å². The number of aliphatic hydroxyl groups excluding tert-OH is 2. The third kappa shape index (κ3) is 2.84. The second kappa shape index (κ2) is 7.79. The first kappa shape index (κ1) is 23.0. The van der Waals surface area contributed by atoms with Crippen molar-refractivity contribution in [3.63, 3.8) is 0 Å². The summed E-state index contributed by atoms with van der Waals surface area (Å²) in [6.45, 7) is 6.18. The van der Waals surface area contributed by atoms with E-state index in [-0.39, 0.29) is 58.9 Å². The van der Waals surface area contributed by atoms with E-state index < -0.39 is 48.0 Å². The molecule has 0 aromatic heterocycles. The van der Waals surface area contributed by atoms with Crippen LogP contribution in [0.4, 0.5) is 0 Å². The summed E-state index contributed by atoms with van der Waals surface area (Å²) in [5.74, 6) is -4.11. The lowest BCUT2D eigenvalue weighted by Crippen LogP contribution is -2.51. The largest absolute Gasteiger partial charge is 0.502 e. The van der Waals surface area contributed by atoms with E-state index in [2.05, 4.69) is 0 Å². The molecule has 5 fully saturated rings. The fraction of sp³-hybridized carbons (Fsp3) is 0.769. The van der Waals surface area contributed by atoms with Crippen LogP contribution in [0.15, 0.2) is 11.5 Å². The number of esters is 2. The summed E-state index contributed by atoms with van der Waals surface area (Å²) >= 11 is 0. The molecule has 2 heterocycles. The number of hydrogen-bond acceptors (Lipinski definition) is 9. The molecule has 6 aliphatic rings. The first-order chi connectivity index (χ1) is 16.7. The maximum Gasteiger partial charge on any atom is 0.317 e. The maximum absolute atomic E-state index is 13.2. The van der Waals surface area contributed by atoms with Gasteiger partial charge in [-0.3, -0.25) is 19.2 Å². The highest BCUT2D eigenvalue weighted by Gasteiger charge is 2.70. The summed E-state index contributed by atoms with van der Waals surface area (Å²) < 4.78 is 16.6. The van der Waals surface area contributed by atoms with Crippen molar-refractivity contribution in [3.8, 4) is 0 Å². The van der Waals surface area contributed by atoms with Crippen LogP contribution in [0.25, 0.3) is 0 Å². The quantitative estimate of drug-likeness (QED) is 0.337. The van der Waals surface area contributed by atoms with E-state index in [1.54, 1.807) is 0 Å². The van der Waals surface area contributed by atoms with Crippen molar-refractivity contribution in [2.24, 2.45) is 65.1 Å². The van der Waals surface area contributed by atoms with Gasteiger partial charge in [0.25, 0.3) is 6.47 Å². The number of carbonyl (C=O) groups excluding carboxylic acids is 4. The molecule has 9 heteroatoms. The van der Waals surface area contributed by atoms with Crippen molar-refractivity contribution in [3.05, 3.63) is 11.5 Å². The normalized spacial score (nSPS) is 52.1. The molecule has 6 rings (SSSR count). The molecular formula is C26H32O9. The average molecular weight is 489 g/mol. The van der Waals surface area contributed by atoms with Gasteiger partial charge in [0.15, 0.2) is 5.76 Å². The van der Waals surface area contributed by atoms with Gasteiger partial charge in [-0.1, -0.05) is 20.8 Å². The molecule has 2 N–H and O–H groups in total. The van der Waals surface area contributed by atoms with E-state index in [0.29, 0.717) is 31.5 Å². The Balaban J connectivity index is 1.34. The monoisotopic (exact) mass is 488 g/mol. The van der Waals surface area contributed by atoms with Crippen LogP contribution >= 0.6 is 0 Å². The van der Waals surface area contributed by atoms with Crippen LogP contribution in [0.5, 0.6) is 0 Å². The van der Waals surface area contributed by atoms with Gasteiger partial charge < -0.3 is 24.4 Å². The fourth-order valence-corrected chi connectivity index (χ4v) is 9.38. The van der Waals surface area contributed by atoms with Crippen molar-refractivity contribution in [1.29, 1.82) is 0 Å². The van der Waals surface area contributed by atoms with Crippen molar-refractivity contribution in [1.82, 2.24) is 0 Å². The Morgan fingerprint density at radius 1 is 0.943 bits per heavy atom. The Kier molecular flexibility index (Phi) is 5.12. The summed E-state index contributed by atoms with van der Waals surface area (Å²) in [5.41, 5.74) is 0. The van der Waals surface area contributed by atoms with Crippen molar-refractivity contribution in [2.45, 2.75) is 58.3 Å². The number of cyclic esters (lactones) is 2. The summed E-state index contributed by atoms with van der Waals surface area (Å²) in [5, 5.41) is 21.0. The predicted molar refractivity (Wildman–Crippen MR) is 117 cm³/mol. The molecule has 0 aromatic rings. The zero-order valence-corrected chi connectivity index (χ0v) is 20.0. The van der Waals surface area contributed by atoms with Gasteiger partial charge in [0.1, 0.15) is 18.0 Å². The predicted octanol–water partition coefficient (Wildman–Crippen LogP) is 1.77. The first-order valence-corrected chi connectivity index (χ1v) is 12.9. The van der Waals surface area contributed by atoms with Gasteiger partial charge in [0.2, 0.25) is 5.78 Å². The average Bonchev–Trinajstić information content (AvgIpc) is 3.58. The molecule has 2 aliphatic heterocycles. The third-order valence-corrected chi connectivity index (χ3v) is 10.7. The summed E-state index contributed by atoms with van der Waals surface area (Å²) in [6.07, 6.45) is -0.163. The van der Waals surface area contributed by atoms with E-state index in [9.17, 15) is 29.4 Å². The highest BCUT2D eigenvalue weighted by molar-refractivity contribution is 5.98. The molecule has 4 aliphatic carbocycles. The van der Waals surface area contributed by atoms with Crippen LogP contribution in [0.1, 0.15) is 40.0 Å². The Hall–Kier alpha value is -2.42. The second-order valence-corrected chi connectivity index (χ2v) is 11.6. The molecule has 9 nitrogen and oxygen atoms in total. The molecule has 190 valence electrons. The summed E-state index contributed by atoms with van der Waals surface area (Å²) in [6, 6.07) is 0. The smallest absolute Gasteiger partial charge is 0.317 e. The molecule has 14 atom stereocenters. The van der Waals surface area contributed by atoms with Gasteiger partial charge in [-0.15, -0.1) is 0 Å². The molecule has 0 amide bonds. The van der Waals surface area contributed by atoms with E-state index in [4.69, 9.17) is 14.2 Å². The van der Waals surface area contributed by atoms with Gasteiger partial charge in [-0.2, -0.15) is 0 Å². The third-order valence-electron chi connectivity index (χ3n) is 10.7. The Labute approximate surface area is 203 Å². The lowest BCUT2D eigenvalue weighted by molar-refractivity contribution is -0.156. The first-order valence-electron chi connectivity index (χ1n) is 12.9. The topological polar surface area (TPSA) is 136 Å². The minimum atomic E-state index is -0.779. The lowest BCUT2D eigenvalue weighted by Gasteiger charge is -2.45. The number of aliphatic hydroxyl groups is 2. The molecule has 1 saturated heterocycles. The molecule has 0 radical (unpaired) electrons. The van der Waals surface area contributed by atoms with Crippen molar-refractivity contribution < 1.29 is 43.6 Å². The van der Waals surface area contributed by atoms with Crippen LogP contribution in [-0.4, -0.2) is 52.7 Å². The van der Waals surface area contributed by atoms with Gasteiger partial charge in [-0.25, -0.2) is 0 Å². The number of carbonyl (C=O) groups is 4. The minimum absolute atomic E-state index is 0.0303. The molecule has 4 saturated carbocycles. The molecule has 14 unspecified atom stereocenters. The summed E-state index contributed by atoms with van der Waals surface area (Å²) in [7, 11) is 0. The van der Waals surface area contributed by atoms with Crippen LogP contribution in [0.3, 0.4) is 0 Å². The summed E-state index contributed by atoms with van der Waals surface area (Å²) in [4.78, 5) is 50.5. The van der Waals surface area contributed by atoms with Gasteiger partial charge in [0.05, 0.1) is 23.9 Å². The van der Waals surface area contributed by atoms with Gasteiger partial charge >= 0.3 is 11.9 Å². The number of rotatable bonds is 5. The van der Waals surface area contributed by atoms with Crippen LogP contribution in [0.2, 0.25) is 0 Å². The number of Topliss-reactive ketones (excluding diaryl/α,β-unsaturated/α-hetero) is 1. The number of ketones is 1. The highest BCUT2D eigenvalue weighted by atomic mass is 16.6. The standard InChI is InChI=1S/C26H32O9/c1-4-14-21(29)22(30)17-10-5-12(23(17)34-14)15(8(10)2)18-19(26(32)35-25(18)31)16-9(3)11-6-13(16)24(20(11)28)33-7-27/h7-13,15-20,23-24,28-29H,4-6H2,1-3H3. The Bertz CT molecular complexity index is 1020. The second-order valence-electron chi connectivity index (χ2n) is 11.6. The zero-order chi connectivity index (χ0) is 24.9. The zero-order valence-electron chi connectivity index (χ0n) is 20.0. The lowest BCUT2D eigenvalue weighted by atomic mass is 9.60. The molecule has 0 aromatic carbocycles. The van der Waals surface area contributed by atoms with Crippen molar-refractivity contribution >= 4 is 24.2 Å². The van der Waals surface area contributed by atoms with Gasteiger partial charge in [-0.05, 0) is 48.3 Å². The maximum atomic E-state index is 13.2. The molecule has 0 spiro atoms. The van der Waals surface area contributed by atoms with Crippen molar-refractivity contribution in [2.75, 3.05) is 0 Å². The van der Waals surface area contributed by atoms with E-state index in [1.165, 1.54) is 0 Å². The van der Waals surface area contributed by atoms with Crippen LogP contribution < -0.4 is 0 Å². The Morgan fingerprint density at radius 3 is 2.14 bits per heavy atom. The molecule has 35 heavy (non-hydrogen) atoms.